The van der Waals surface area contributed by atoms with E-state index in [1.807, 2.05) is 31.2 Å². The first-order valence-electron chi connectivity index (χ1n) is 12.3. The van der Waals surface area contributed by atoms with Gasteiger partial charge in [0, 0.05) is 30.7 Å². The van der Waals surface area contributed by atoms with Gasteiger partial charge in [-0.2, -0.15) is 8.61 Å². The number of sulfonamides is 2. The maximum absolute atomic E-state index is 13.4. The fourth-order valence-corrected chi connectivity index (χ4v) is 7.07. The van der Waals surface area contributed by atoms with Gasteiger partial charge in [-0.1, -0.05) is 57.9 Å². The summed E-state index contributed by atoms with van der Waals surface area (Å²) in [4.78, 5) is 13.2. The second-order valence-corrected chi connectivity index (χ2v) is 13.9. The van der Waals surface area contributed by atoms with Crippen LogP contribution < -0.4 is 5.32 Å². The van der Waals surface area contributed by atoms with Crippen LogP contribution in [0.1, 0.15) is 16.7 Å². The van der Waals surface area contributed by atoms with Crippen molar-refractivity contribution in [3.05, 3.63) is 94.0 Å². The van der Waals surface area contributed by atoms with Crippen LogP contribution in [0.15, 0.2) is 87.1 Å². The van der Waals surface area contributed by atoms with Crippen molar-refractivity contribution in [1.29, 1.82) is 0 Å². The summed E-state index contributed by atoms with van der Waals surface area (Å²) >= 11 is 3.31. The van der Waals surface area contributed by atoms with Crippen LogP contribution in [0.25, 0.3) is 0 Å². The first-order chi connectivity index (χ1) is 18.6. The zero-order valence-electron chi connectivity index (χ0n) is 21.4. The normalized spacial score (nSPS) is 14.8. The highest BCUT2D eigenvalue weighted by molar-refractivity contribution is 9.10. The Morgan fingerprint density at radius 1 is 0.872 bits per heavy atom. The molecule has 0 spiro atoms. The summed E-state index contributed by atoms with van der Waals surface area (Å²) in [5, 5.41) is 2.75. The molecule has 0 saturated carbocycles. The number of amides is 1. The highest BCUT2D eigenvalue weighted by atomic mass is 79.9. The smallest absolute Gasteiger partial charge is 0.243 e. The monoisotopic (exact) mass is 635 g/mol. The molecule has 0 aromatic heterocycles. The number of benzene rings is 3. The van der Waals surface area contributed by atoms with E-state index in [1.165, 1.54) is 28.6 Å². The molecule has 12 heteroatoms. The third-order valence-electron chi connectivity index (χ3n) is 6.27. The Labute approximate surface area is 238 Å². The lowest BCUT2D eigenvalue weighted by Gasteiger charge is -2.26. The van der Waals surface area contributed by atoms with Gasteiger partial charge < -0.3 is 10.1 Å². The van der Waals surface area contributed by atoms with E-state index in [2.05, 4.69) is 21.2 Å². The molecule has 3 aromatic carbocycles. The molecule has 3 aromatic rings. The number of carbonyl (C=O) groups is 1. The van der Waals surface area contributed by atoms with Crippen molar-refractivity contribution in [3.63, 3.8) is 0 Å². The van der Waals surface area contributed by atoms with E-state index < -0.39 is 26.0 Å². The minimum atomic E-state index is -3.97. The van der Waals surface area contributed by atoms with E-state index in [0.29, 0.717) is 31.9 Å². The maximum Gasteiger partial charge on any atom is 0.243 e. The zero-order valence-corrected chi connectivity index (χ0v) is 24.6. The number of carbonyl (C=O) groups excluding carboxylic acids is 1. The summed E-state index contributed by atoms with van der Waals surface area (Å²) in [7, 11) is -7.58. The van der Waals surface area contributed by atoms with E-state index in [4.69, 9.17) is 4.74 Å². The van der Waals surface area contributed by atoms with Gasteiger partial charge in [-0.05, 0) is 54.4 Å². The molecule has 0 unspecified atom stereocenters. The third-order valence-corrected chi connectivity index (χ3v) is 10.5. The number of nitrogens with one attached hydrogen (secondary N) is 1. The number of halogens is 1. The lowest BCUT2D eigenvalue weighted by atomic mass is 10.1. The molecule has 1 amide bonds. The number of hydrogen-bond acceptors (Lipinski definition) is 6. The van der Waals surface area contributed by atoms with Crippen LogP contribution in [0.5, 0.6) is 0 Å². The van der Waals surface area contributed by atoms with Crippen molar-refractivity contribution in [2.75, 3.05) is 32.8 Å². The van der Waals surface area contributed by atoms with Crippen LogP contribution in [0.3, 0.4) is 0 Å². The fraction of sp³-hybridized carbons (Fsp3) is 0.296. The van der Waals surface area contributed by atoms with Crippen molar-refractivity contribution in [1.82, 2.24) is 13.9 Å². The van der Waals surface area contributed by atoms with E-state index in [-0.39, 0.29) is 29.4 Å². The predicted octanol–water partition coefficient (Wildman–Crippen LogP) is 3.29. The number of hydrogen-bond donors (Lipinski definition) is 1. The fourth-order valence-electron chi connectivity index (χ4n) is 4.01. The Kier molecular flexibility index (Phi) is 9.57. The van der Waals surface area contributed by atoms with Gasteiger partial charge in [-0.15, -0.1) is 0 Å². The molecule has 1 heterocycles. The molecule has 1 aliphatic heterocycles. The van der Waals surface area contributed by atoms with Crippen LogP contribution in [0.2, 0.25) is 0 Å². The predicted molar refractivity (Wildman–Crippen MR) is 151 cm³/mol. The van der Waals surface area contributed by atoms with Crippen LogP contribution >= 0.6 is 15.9 Å². The standard InChI is InChI=1S/C27H30BrN3O6S2/c1-21-2-4-23(5-3-21)19-31(39(35,36)26-12-8-24(28)9-13-26)20-27(32)29-18-22-6-10-25(11-7-22)38(33,34)30-14-16-37-17-15-30/h2-13H,14-20H2,1H3,(H,29,32). The van der Waals surface area contributed by atoms with Crippen LogP contribution in [0, 0.1) is 6.92 Å². The molecule has 0 radical (unpaired) electrons. The molecular formula is C27H30BrN3O6S2. The van der Waals surface area contributed by atoms with Crippen molar-refractivity contribution < 1.29 is 26.4 Å². The molecule has 1 saturated heterocycles. The first-order valence-corrected chi connectivity index (χ1v) is 16.0. The number of rotatable bonds is 10. The zero-order chi connectivity index (χ0) is 28.0. The highest BCUT2D eigenvalue weighted by Gasteiger charge is 2.28. The van der Waals surface area contributed by atoms with Gasteiger partial charge in [0.15, 0.2) is 0 Å². The quantitative estimate of drug-likeness (QED) is 0.366. The maximum atomic E-state index is 13.4. The van der Waals surface area contributed by atoms with E-state index in [1.54, 1.807) is 24.3 Å². The molecule has 0 atom stereocenters. The van der Waals surface area contributed by atoms with Gasteiger partial charge >= 0.3 is 0 Å². The summed E-state index contributed by atoms with van der Waals surface area (Å²) in [5.74, 6) is -0.479. The Morgan fingerprint density at radius 3 is 2.05 bits per heavy atom. The van der Waals surface area contributed by atoms with Crippen molar-refractivity contribution in [2.45, 2.75) is 29.8 Å². The molecule has 208 valence electrons. The average molecular weight is 637 g/mol. The molecule has 4 rings (SSSR count). The summed E-state index contributed by atoms with van der Waals surface area (Å²) < 4.78 is 61.0. The molecule has 39 heavy (non-hydrogen) atoms. The average Bonchev–Trinajstić information content (AvgIpc) is 2.93. The molecule has 0 aliphatic carbocycles. The Balaban J connectivity index is 1.44. The molecule has 1 N–H and O–H groups in total. The Hall–Kier alpha value is -2.61. The summed E-state index contributed by atoms with van der Waals surface area (Å²) in [5.41, 5.74) is 2.49. The van der Waals surface area contributed by atoms with Gasteiger partial charge in [0.25, 0.3) is 0 Å². The van der Waals surface area contributed by atoms with Crippen molar-refractivity contribution in [2.24, 2.45) is 0 Å². The minimum absolute atomic E-state index is 0.0280. The van der Waals surface area contributed by atoms with Crippen LogP contribution in [0.4, 0.5) is 0 Å². The lowest BCUT2D eigenvalue weighted by molar-refractivity contribution is -0.121. The Bertz CT molecular complexity index is 1490. The largest absolute Gasteiger partial charge is 0.379 e. The number of ether oxygens (including phenoxy) is 1. The topological polar surface area (TPSA) is 113 Å². The molecular weight excluding hydrogens is 606 g/mol. The summed E-state index contributed by atoms with van der Waals surface area (Å²) in [6.45, 7) is 3.05. The van der Waals surface area contributed by atoms with Gasteiger partial charge in [-0.25, -0.2) is 16.8 Å². The van der Waals surface area contributed by atoms with Gasteiger partial charge in [0.2, 0.25) is 26.0 Å². The van der Waals surface area contributed by atoms with Crippen LogP contribution in [-0.2, 0) is 42.7 Å². The van der Waals surface area contributed by atoms with Gasteiger partial charge in [-0.3, -0.25) is 4.79 Å². The molecule has 1 aliphatic rings. The first kappa shape index (κ1) is 29.4. The highest BCUT2D eigenvalue weighted by Crippen LogP contribution is 2.21. The lowest BCUT2D eigenvalue weighted by Crippen LogP contribution is -2.40. The third kappa shape index (κ3) is 7.53. The number of nitrogens with zero attached hydrogens (tertiary/aromatic N) is 2. The minimum Gasteiger partial charge on any atom is -0.379 e. The SMILES string of the molecule is Cc1ccc(CN(CC(=O)NCc2ccc(S(=O)(=O)N3CCOCC3)cc2)S(=O)(=O)c2ccc(Br)cc2)cc1. The second-order valence-electron chi connectivity index (χ2n) is 9.15. The molecule has 0 bridgehead atoms. The molecule has 1 fully saturated rings. The summed E-state index contributed by atoms with van der Waals surface area (Å²) in [6, 6.07) is 20.0. The Morgan fingerprint density at radius 2 is 1.44 bits per heavy atom. The molecule has 9 nitrogen and oxygen atoms in total. The van der Waals surface area contributed by atoms with Gasteiger partial charge in [0.1, 0.15) is 0 Å². The van der Waals surface area contributed by atoms with Gasteiger partial charge in [0.05, 0.1) is 29.5 Å². The second kappa shape index (κ2) is 12.7. The number of aryl methyl sites for hydroxylation is 1. The van der Waals surface area contributed by atoms with E-state index in [9.17, 15) is 21.6 Å². The van der Waals surface area contributed by atoms with E-state index in [0.717, 1.165) is 19.9 Å². The van der Waals surface area contributed by atoms with Crippen molar-refractivity contribution >= 4 is 41.9 Å². The van der Waals surface area contributed by atoms with E-state index >= 15 is 0 Å². The summed E-state index contributed by atoms with van der Waals surface area (Å²) in [6.07, 6.45) is 0. The number of morpholine rings is 1. The van der Waals surface area contributed by atoms with Crippen molar-refractivity contribution in [3.8, 4) is 0 Å². The van der Waals surface area contributed by atoms with Crippen LogP contribution in [-0.4, -0.2) is 64.2 Å².